The molecule has 0 aliphatic rings. The van der Waals surface area contributed by atoms with Crippen molar-refractivity contribution in [2.75, 3.05) is 0 Å². The van der Waals surface area contributed by atoms with Crippen molar-refractivity contribution in [3.8, 4) is 0 Å². The Balaban J connectivity index is 2.85. The van der Waals surface area contributed by atoms with Crippen molar-refractivity contribution in [3.63, 3.8) is 0 Å². The van der Waals surface area contributed by atoms with Crippen LogP contribution in [0.4, 0.5) is 4.79 Å². The Morgan fingerprint density at radius 2 is 2.20 bits per heavy atom. The van der Waals surface area contributed by atoms with Gasteiger partial charge in [-0.2, -0.15) is 0 Å². The van der Waals surface area contributed by atoms with Crippen molar-refractivity contribution in [3.05, 3.63) is 0 Å². The van der Waals surface area contributed by atoms with E-state index in [9.17, 15) is 4.79 Å². The zero-order valence-electron chi connectivity index (χ0n) is 2.93. The van der Waals surface area contributed by atoms with E-state index in [1.165, 1.54) is 6.82 Å². The average Bonchev–Trinajstić information content (AvgIpc) is 1.38. The Kier molecular flexibility index (Phi) is 1.65. The molecule has 3 heteroatoms. The monoisotopic (exact) mass is 71.0 g/mol. The van der Waals surface area contributed by atoms with Gasteiger partial charge in [-0.15, -0.1) is 0 Å². The van der Waals surface area contributed by atoms with Gasteiger partial charge in [0.05, 0.1) is 0 Å². The third-order valence-electron chi connectivity index (χ3n) is 0.247. The maximum atomic E-state index is 9.31. The van der Waals surface area contributed by atoms with E-state index in [-0.39, 0.29) is 0 Å². The summed E-state index contributed by atoms with van der Waals surface area (Å²) in [5.41, 5.74) is 0. The summed E-state index contributed by atoms with van der Waals surface area (Å²) in [7, 11) is 1.08. The third-order valence-corrected chi connectivity index (χ3v) is 0.247. The fraction of sp³-hybridized carbons (Fsp3) is 0.500. The molecule has 0 aromatic carbocycles. The first-order chi connectivity index (χ1) is 2.27. The molecule has 0 aliphatic heterocycles. The van der Waals surface area contributed by atoms with Gasteiger partial charge in [0.25, 0.3) is 7.28 Å². The summed E-state index contributed by atoms with van der Waals surface area (Å²) in [6, 6.07) is 0. The molecule has 27 valence electrons. The molecule has 0 amide bonds. The SMILES string of the molecule is C[B]C(=O)O. The van der Waals surface area contributed by atoms with Gasteiger partial charge in [0.2, 0.25) is 5.87 Å². The highest BCUT2D eigenvalue weighted by Gasteiger charge is 1.85. The summed E-state index contributed by atoms with van der Waals surface area (Å²) < 4.78 is 0. The van der Waals surface area contributed by atoms with Gasteiger partial charge in [0, 0.05) is 0 Å². The first-order valence-electron chi connectivity index (χ1n) is 1.29. The molecule has 1 N–H and O–H groups in total. The molecule has 0 saturated carbocycles. The van der Waals surface area contributed by atoms with E-state index in [2.05, 4.69) is 0 Å². The Labute approximate surface area is 31.0 Å². The summed E-state index contributed by atoms with van der Waals surface area (Å²) in [6.07, 6.45) is 0. The topological polar surface area (TPSA) is 37.3 Å². The largest absolute Gasteiger partial charge is 0.490 e. The van der Waals surface area contributed by atoms with Gasteiger partial charge in [-0.05, 0) is 0 Å². The number of hydrogen-bond acceptors (Lipinski definition) is 1. The highest BCUT2D eigenvalue weighted by molar-refractivity contribution is 6.70. The highest BCUT2D eigenvalue weighted by atomic mass is 16.4. The van der Waals surface area contributed by atoms with E-state index in [0.717, 1.165) is 7.28 Å². The number of carboxylic acid groups (broad SMARTS) is 1. The first-order valence-corrected chi connectivity index (χ1v) is 1.29. The van der Waals surface area contributed by atoms with E-state index >= 15 is 0 Å². The average molecular weight is 70.9 g/mol. The Hall–Kier alpha value is -0.465. The van der Waals surface area contributed by atoms with Gasteiger partial charge >= 0.3 is 0 Å². The van der Waals surface area contributed by atoms with E-state index in [0.29, 0.717) is 0 Å². The Morgan fingerprint density at radius 1 is 2.00 bits per heavy atom. The molecule has 0 aromatic heterocycles. The summed E-state index contributed by atoms with van der Waals surface area (Å²) in [5.74, 6) is -0.870. The molecule has 1 radical (unpaired) electrons. The maximum Gasteiger partial charge on any atom is 0.257 e. The molecular weight excluding hydrogens is 66.8 g/mol. The van der Waals surface area contributed by atoms with Gasteiger partial charge in [-0.25, -0.2) is 0 Å². The molecule has 0 spiro atoms. The molecule has 0 heterocycles. The van der Waals surface area contributed by atoms with Gasteiger partial charge in [0.1, 0.15) is 0 Å². The predicted molar refractivity (Wildman–Crippen MR) is 19.6 cm³/mol. The predicted octanol–water partition coefficient (Wildman–Crippen LogP) is 0.417. The fourth-order valence-electron chi connectivity index (χ4n) is 0. The van der Waals surface area contributed by atoms with Crippen LogP contribution in [0.2, 0.25) is 6.82 Å². The fourth-order valence-corrected chi connectivity index (χ4v) is 0. The van der Waals surface area contributed by atoms with Crippen LogP contribution in [0.25, 0.3) is 0 Å². The van der Waals surface area contributed by atoms with Gasteiger partial charge < -0.3 is 5.11 Å². The lowest BCUT2D eigenvalue weighted by molar-refractivity contribution is 0.220. The second-order valence-electron chi connectivity index (χ2n) is 0.627. The van der Waals surface area contributed by atoms with E-state index in [4.69, 9.17) is 5.11 Å². The smallest absolute Gasteiger partial charge is 0.257 e. The van der Waals surface area contributed by atoms with Crippen LogP contribution >= 0.6 is 0 Å². The molecule has 0 unspecified atom stereocenters. The van der Waals surface area contributed by atoms with Crippen molar-refractivity contribution in [1.29, 1.82) is 0 Å². The van der Waals surface area contributed by atoms with Gasteiger partial charge in [-0.3, -0.25) is 4.79 Å². The zero-order chi connectivity index (χ0) is 4.28. The summed E-state index contributed by atoms with van der Waals surface area (Å²) in [4.78, 5) is 9.31. The zero-order valence-corrected chi connectivity index (χ0v) is 2.93. The standard InChI is InChI=1S/C2H4BO2/c1-3-2(4)5/h1H3,(H,4,5). The normalized spacial score (nSPS) is 6.60. The van der Waals surface area contributed by atoms with Crippen LogP contribution in [-0.2, 0) is 0 Å². The van der Waals surface area contributed by atoms with E-state index in [1.807, 2.05) is 0 Å². The number of hydrogen-bond donors (Lipinski definition) is 1. The lowest BCUT2D eigenvalue weighted by Gasteiger charge is -1.69. The highest BCUT2D eigenvalue weighted by Crippen LogP contribution is 1.56. The minimum Gasteiger partial charge on any atom is -0.490 e. The van der Waals surface area contributed by atoms with Crippen molar-refractivity contribution in [2.45, 2.75) is 6.82 Å². The third kappa shape index (κ3) is 3.53. The second-order valence-corrected chi connectivity index (χ2v) is 0.627. The number of rotatable bonds is 1. The van der Waals surface area contributed by atoms with Crippen LogP contribution < -0.4 is 0 Å². The first kappa shape index (κ1) is 4.53. The molecule has 0 aromatic rings. The molecule has 0 saturated heterocycles. The van der Waals surface area contributed by atoms with Crippen LogP contribution in [0.1, 0.15) is 0 Å². The Morgan fingerprint density at radius 3 is 2.20 bits per heavy atom. The molecule has 2 nitrogen and oxygen atoms in total. The quantitative estimate of drug-likeness (QED) is 0.454. The van der Waals surface area contributed by atoms with Crippen LogP contribution in [0.5, 0.6) is 0 Å². The molecule has 0 fully saturated rings. The van der Waals surface area contributed by atoms with Crippen molar-refractivity contribution >= 4 is 13.1 Å². The van der Waals surface area contributed by atoms with Gasteiger partial charge in [-0.1, -0.05) is 6.82 Å². The molecular formula is C2H4BO2. The summed E-state index contributed by atoms with van der Waals surface area (Å²) in [5, 5.41) is 7.67. The van der Waals surface area contributed by atoms with Crippen molar-refractivity contribution < 1.29 is 9.90 Å². The van der Waals surface area contributed by atoms with Crippen LogP contribution in [-0.4, -0.2) is 18.3 Å². The maximum absolute atomic E-state index is 9.31. The molecule has 0 atom stereocenters. The molecule has 0 rings (SSSR count). The summed E-state index contributed by atoms with van der Waals surface area (Å²) in [6.45, 7) is 1.47. The van der Waals surface area contributed by atoms with E-state index < -0.39 is 5.87 Å². The number of carbonyl (C=O) groups is 1. The van der Waals surface area contributed by atoms with Crippen LogP contribution in [0.15, 0.2) is 0 Å². The summed E-state index contributed by atoms with van der Waals surface area (Å²) >= 11 is 0. The minimum absolute atomic E-state index is 0.870. The molecule has 0 aliphatic carbocycles. The minimum atomic E-state index is -0.870. The van der Waals surface area contributed by atoms with E-state index in [1.54, 1.807) is 0 Å². The van der Waals surface area contributed by atoms with Crippen LogP contribution in [0.3, 0.4) is 0 Å². The Bertz CT molecular complexity index is 42.9. The molecule has 5 heavy (non-hydrogen) atoms. The molecule has 0 bridgehead atoms. The lowest BCUT2D eigenvalue weighted by Crippen LogP contribution is -1.97. The van der Waals surface area contributed by atoms with Crippen LogP contribution in [0, 0.1) is 0 Å². The van der Waals surface area contributed by atoms with Crippen molar-refractivity contribution in [2.24, 2.45) is 0 Å². The second kappa shape index (κ2) is 1.82. The van der Waals surface area contributed by atoms with Gasteiger partial charge in [0.15, 0.2) is 0 Å². The lowest BCUT2D eigenvalue weighted by atomic mass is 9.84. The van der Waals surface area contributed by atoms with Crippen molar-refractivity contribution in [1.82, 2.24) is 0 Å².